The summed E-state index contributed by atoms with van der Waals surface area (Å²) in [4.78, 5) is 2.36. The number of nitrogens with zero attached hydrogens (tertiary/aromatic N) is 1. The lowest BCUT2D eigenvalue weighted by Gasteiger charge is -2.33. The third-order valence-corrected chi connectivity index (χ3v) is 2.59. The lowest BCUT2D eigenvalue weighted by Crippen LogP contribution is -2.43. The largest absolute Gasteiger partial charge is 0.393 e. The molecule has 14 heavy (non-hydrogen) atoms. The second-order valence-corrected chi connectivity index (χ2v) is 4.07. The monoisotopic (exact) mass is 203 g/mol. The Balaban J connectivity index is 4.09. The predicted molar refractivity (Wildman–Crippen MR) is 59.5 cm³/mol. The summed E-state index contributed by atoms with van der Waals surface area (Å²) in [5.41, 5.74) is 0. The molecular formula is C11H25NO2. The molecule has 0 rings (SSSR count). The van der Waals surface area contributed by atoms with E-state index < -0.39 is 0 Å². The summed E-state index contributed by atoms with van der Waals surface area (Å²) in [5, 5.41) is 9.32. The van der Waals surface area contributed by atoms with Crippen molar-refractivity contribution < 1.29 is 9.84 Å². The average molecular weight is 203 g/mol. The first-order valence-corrected chi connectivity index (χ1v) is 5.45. The number of aliphatic hydroxyl groups is 1. The maximum absolute atomic E-state index is 9.32. The van der Waals surface area contributed by atoms with Crippen LogP contribution in [0.2, 0.25) is 0 Å². The van der Waals surface area contributed by atoms with Crippen LogP contribution in [0.3, 0.4) is 0 Å². The van der Waals surface area contributed by atoms with E-state index in [9.17, 15) is 5.11 Å². The molecule has 0 aliphatic rings. The van der Waals surface area contributed by atoms with Crippen LogP contribution in [0.4, 0.5) is 0 Å². The van der Waals surface area contributed by atoms with Gasteiger partial charge in [0.2, 0.25) is 0 Å². The molecule has 0 amide bonds. The molecule has 0 saturated heterocycles. The Bertz CT molecular complexity index is 139. The first-order valence-electron chi connectivity index (χ1n) is 5.45. The summed E-state index contributed by atoms with van der Waals surface area (Å²) in [5.74, 6) is 0. The molecule has 0 radical (unpaired) electrons. The van der Waals surface area contributed by atoms with Crippen LogP contribution in [0.5, 0.6) is 0 Å². The van der Waals surface area contributed by atoms with E-state index in [2.05, 4.69) is 25.7 Å². The quantitative estimate of drug-likeness (QED) is 0.680. The second kappa shape index (κ2) is 7.21. The van der Waals surface area contributed by atoms with E-state index in [-0.39, 0.29) is 6.10 Å². The van der Waals surface area contributed by atoms with Gasteiger partial charge in [0.15, 0.2) is 0 Å². The smallest absolute Gasteiger partial charge is 0.0615 e. The molecule has 0 fully saturated rings. The summed E-state index contributed by atoms with van der Waals surface area (Å²) in [6, 6.07) is 0.823. The SMILES string of the molecule is CCN(C(C)COC)C(C)CC(C)O. The molecule has 0 bridgehead atoms. The summed E-state index contributed by atoms with van der Waals surface area (Å²) < 4.78 is 5.14. The zero-order valence-corrected chi connectivity index (χ0v) is 10.2. The lowest BCUT2D eigenvalue weighted by molar-refractivity contribution is 0.0567. The van der Waals surface area contributed by atoms with Crippen molar-refractivity contribution >= 4 is 0 Å². The van der Waals surface area contributed by atoms with Crippen molar-refractivity contribution in [3.05, 3.63) is 0 Å². The molecule has 0 spiro atoms. The Morgan fingerprint density at radius 2 is 1.79 bits per heavy atom. The fraction of sp³-hybridized carbons (Fsp3) is 1.00. The average Bonchev–Trinajstić information content (AvgIpc) is 2.04. The van der Waals surface area contributed by atoms with Crippen molar-refractivity contribution in [1.82, 2.24) is 4.90 Å². The maximum Gasteiger partial charge on any atom is 0.0615 e. The zero-order valence-electron chi connectivity index (χ0n) is 10.2. The molecule has 0 saturated carbocycles. The Hall–Kier alpha value is -0.120. The van der Waals surface area contributed by atoms with Gasteiger partial charge in [-0.05, 0) is 33.7 Å². The van der Waals surface area contributed by atoms with Gasteiger partial charge in [-0.25, -0.2) is 0 Å². The van der Waals surface area contributed by atoms with Gasteiger partial charge in [-0.2, -0.15) is 0 Å². The van der Waals surface area contributed by atoms with Crippen molar-refractivity contribution in [2.45, 2.75) is 52.3 Å². The normalized spacial score (nSPS) is 18.2. The molecule has 0 heterocycles. The summed E-state index contributed by atoms with van der Waals surface area (Å²) in [7, 11) is 1.73. The second-order valence-electron chi connectivity index (χ2n) is 4.07. The molecule has 1 N–H and O–H groups in total. The molecule has 3 unspecified atom stereocenters. The van der Waals surface area contributed by atoms with Crippen LogP contribution in [-0.4, -0.2) is 48.5 Å². The number of methoxy groups -OCH3 is 1. The lowest BCUT2D eigenvalue weighted by atomic mass is 10.1. The Kier molecular flexibility index (Phi) is 7.15. The van der Waals surface area contributed by atoms with E-state index in [0.717, 1.165) is 19.6 Å². The third-order valence-electron chi connectivity index (χ3n) is 2.59. The van der Waals surface area contributed by atoms with Crippen molar-refractivity contribution in [2.75, 3.05) is 20.3 Å². The Morgan fingerprint density at radius 1 is 1.21 bits per heavy atom. The first-order chi connectivity index (χ1) is 6.52. The first kappa shape index (κ1) is 13.9. The highest BCUT2D eigenvalue weighted by Crippen LogP contribution is 2.10. The molecule has 0 aromatic rings. The fourth-order valence-electron chi connectivity index (χ4n) is 2.02. The van der Waals surface area contributed by atoms with E-state index in [4.69, 9.17) is 4.74 Å². The molecular weight excluding hydrogens is 178 g/mol. The third kappa shape index (κ3) is 4.94. The number of ether oxygens (including phenoxy) is 1. The molecule has 3 atom stereocenters. The summed E-state index contributed by atoms with van der Waals surface area (Å²) >= 11 is 0. The molecule has 3 heteroatoms. The van der Waals surface area contributed by atoms with Gasteiger partial charge in [-0.1, -0.05) is 6.92 Å². The molecule has 0 aliphatic heterocycles. The number of likely N-dealkylation sites (N-methyl/N-ethyl adjacent to an activating group) is 1. The molecule has 86 valence electrons. The van der Waals surface area contributed by atoms with Crippen molar-refractivity contribution in [3.63, 3.8) is 0 Å². The number of rotatable bonds is 7. The highest BCUT2D eigenvalue weighted by atomic mass is 16.5. The molecule has 3 nitrogen and oxygen atoms in total. The minimum Gasteiger partial charge on any atom is -0.393 e. The molecule has 0 aromatic carbocycles. The van der Waals surface area contributed by atoms with Gasteiger partial charge in [0.1, 0.15) is 0 Å². The summed E-state index contributed by atoms with van der Waals surface area (Å²) in [6.45, 7) is 10.0. The topological polar surface area (TPSA) is 32.7 Å². The minimum absolute atomic E-state index is 0.228. The van der Waals surface area contributed by atoms with Gasteiger partial charge in [-0.3, -0.25) is 4.90 Å². The van der Waals surface area contributed by atoms with Crippen molar-refractivity contribution in [1.29, 1.82) is 0 Å². The van der Waals surface area contributed by atoms with Crippen LogP contribution in [0.15, 0.2) is 0 Å². The Morgan fingerprint density at radius 3 is 2.14 bits per heavy atom. The van der Waals surface area contributed by atoms with E-state index in [1.807, 2.05) is 6.92 Å². The highest BCUT2D eigenvalue weighted by molar-refractivity contribution is 4.73. The van der Waals surface area contributed by atoms with Crippen LogP contribution in [-0.2, 0) is 4.74 Å². The van der Waals surface area contributed by atoms with Crippen LogP contribution in [0.1, 0.15) is 34.1 Å². The van der Waals surface area contributed by atoms with Gasteiger partial charge in [-0.15, -0.1) is 0 Å². The van der Waals surface area contributed by atoms with Gasteiger partial charge >= 0.3 is 0 Å². The number of hydrogen-bond donors (Lipinski definition) is 1. The number of hydrogen-bond acceptors (Lipinski definition) is 3. The van der Waals surface area contributed by atoms with Crippen LogP contribution in [0, 0.1) is 0 Å². The molecule has 0 aromatic heterocycles. The van der Waals surface area contributed by atoms with Gasteiger partial charge < -0.3 is 9.84 Å². The Labute approximate surface area is 88.1 Å². The standard InChI is InChI=1S/C11H25NO2/c1-6-12(10(3)8-14-5)9(2)7-11(4)13/h9-11,13H,6-8H2,1-5H3. The maximum atomic E-state index is 9.32. The van der Waals surface area contributed by atoms with E-state index in [0.29, 0.717) is 12.1 Å². The van der Waals surface area contributed by atoms with Crippen molar-refractivity contribution in [3.8, 4) is 0 Å². The van der Waals surface area contributed by atoms with Crippen LogP contribution >= 0.6 is 0 Å². The zero-order chi connectivity index (χ0) is 11.1. The highest BCUT2D eigenvalue weighted by Gasteiger charge is 2.19. The molecule has 0 aliphatic carbocycles. The minimum atomic E-state index is -0.228. The predicted octanol–water partition coefficient (Wildman–Crippen LogP) is 1.50. The fourth-order valence-corrected chi connectivity index (χ4v) is 2.02. The summed E-state index contributed by atoms with van der Waals surface area (Å²) in [6.07, 6.45) is 0.593. The number of aliphatic hydroxyl groups excluding tert-OH is 1. The van der Waals surface area contributed by atoms with Crippen molar-refractivity contribution in [2.24, 2.45) is 0 Å². The van der Waals surface area contributed by atoms with Crippen LogP contribution < -0.4 is 0 Å². The van der Waals surface area contributed by atoms with Gasteiger partial charge in [0.25, 0.3) is 0 Å². The van der Waals surface area contributed by atoms with Gasteiger partial charge in [0.05, 0.1) is 12.7 Å². The van der Waals surface area contributed by atoms with E-state index >= 15 is 0 Å². The van der Waals surface area contributed by atoms with E-state index in [1.54, 1.807) is 7.11 Å². The van der Waals surface area contributed by atoms with E-state index in [1.165, 1.54) is 0 Å². The van der Waals surface area contributed by atoms with Gasteiger partial charge in [0, 0.05) is 19.2 Å². The van der Waals surface area contributed by atoms with Crippen LogP contribution in [0.25, 0.3) is 0 Å².